The minimum atomic E-state index is -0.0649. The molecule has 0 saturated carbocycles. The Labute approximate surface area is 104 Å². The zero-order valence-electron chi connectivity index (χ0n) is 9.73. The van der Waals surface area contributed by atoms with Crippen molar-refractivity contribution in [3.8, 4) is 11.3 Å². The average Bonchev–Trinajstić information content (AvgIpc) is 3.03. The lowest BCUT2D eigenvalue weighted by atomic mass is 10.1. The van der Waals surface area contributed by atoms with Crippen LogP contribution in [0.2, 0.25) is 0 Å². The molecule has 0 aliphatic heterocycles. The third-order valence-corrected chi connectivity index (χ3v) is 3.05. The number of para-hydroxylation sites is 1. The van der Waals surface area contributed by atoms with Gasteiger partial charge in [0.1, 0.15) is 0 Å². The van der Waals surface area contributed by atoms with Gasteiger partial charge < -0.3 is 15.7 Å². The van der Waals surface area contributed by atoms with E-state index in [-0.39, 0.29) is 12.3 Å². The first kappa shape index (κ1) is 10.8. The maximum Gasteiger partial charge on any atom is 0.178 e. The first-order valence-electron chi connectivity index (χ1n) is 5.78. The molecule has 0 atom stereocenters. The molecule has 4 heteroatoms. The standard InChI is InChI=1S/C14H13N3O/c15-6-14(18)11-8-16-7-10(11)13-5-9-3-1-2-4-12(9)17-13/h1-5,7-8,16-17H,6,15H2. The number of benzene rings is 1. The lowest BCUT2D eigenvalue weighted by Gasteiger charge is -1.98. The highest BCUT2D eigenvalue weighted by molar-refractivity contribution is 6.03. The summed E-state index contributed by atoms with van der Waals surface area (Å²) in [4.78, 5) is 18.0. The van der Waals surface area contributed by atoms with Crippen LogP contribution in [-0.4, -0.2) is 22.3 Å². The second-order valence-electron chi connectivity index (χ2n) is 4.18. The van der Waals surface area contributed by atoms with Gasteiger partial charge in [0.15, 0.2) is 5.78 Å². The number of nitrogens with one attached hydrogen (secondary N) is 2. The van der Waals surface area contributed by atoms with Crippen LogP contribution in [-0.2, 0) is 0 Å². The fourth-order valence-corrected chi connectivity index (χ4v) is 2.15. The van der Waals surface area contributed by atoms with E-state index < -0.39 is 0 Å². The molecule has 2 heterocycles. The van der Waals surface area contributed by atoms with Gasteiger partial charge in [-0.25, -0.2) is 0 Å². The second kappa shape index (κ2) is 4.16. The van der Waals surface area contributed by atoms with Gasteiger partial charge >= 0.3 is 0 Å². The van der Waals surface area contributed by atoms with Crippen LogP contribution in [0.4, 0.5) is 0 Å². The molecule has 0 saturated heterocycles. The Bertz CT molecular complexity index is 675. The van der Waals surface area contributed by atoms with Gasteiger partial charge in [-0.05, 0) is 12.1 Å². The molecule has 0 spiro atoms. The molecule has 0 fully saturated rings. The predicted molar refractivity (Wildman–Crippen MR) is 71.5 cm³/mol. The van der Waals surface area contributed by atoms with Gasteiger partial charge in [0.25, 0.3) is 0 Å². The summed E-state index contributed by atoms with van der Waals surface area (Å²) < 4.78 is 0. The third kappa shape index (κ3) is 1.63. The summed E-state index contributed by atoms with van der Waals surface area (Å²) in [5.74, 6) is -0.0649. The molecule has 18 heavy (non-hydrogen) atoms. The lowest BCUT2D eigenvalue weighted by Crippen LogP contribution is -2.13. The highest BCUT2D eigenvalue weighted by atomic mass is 16.1. The van der Waals surface area contributed by atoms with E-state index in [1.165, 1.54) is 0 Å². The van der Waals surface area contributed by atoms with Gasteiger partial charge in [-0.3, -0.25) is 4.79 Å². The summed E-state index contributed by atoms with van der Waals surface area (Å²) in [6.45, 7) is 0.0189. The van der Waals surface area contributed by atoms with Crippen LogP contribution in [0, 0.1) is 0 Å². The highest BCUT2D eigenvalue weighted by Gasteiger charge is 2.14. The summed E-state index contributed by atoms with van der Waals surface area (Å²) in [5.41, 5.74) is 8.88. The third-order valence-electron chi connectivity index (χ3n) is 3.05. The number of hydrogen-bond acceptors (Lipinski definition) is 2. The van der Waals surface area contributed by atoms with Gasteiger partial charge in [-0.2, -0.15) is 0 Å². The number of ketones is 1. The van der Waals surface area contributed by atoms with E-state index in [1.807, 2.05) is 36.5 Å². The summed E-state index contributed by atoms with van der Waals surface area (Å²) in [6, 6.07) is 10.0. The molecule has 1 aromatic carbocycles. The number of fused-ring (bicyclic) bond motifs is 1. The number of carbonyl (C=O) groups excluding carboxylic acids is 1. The van der Waals surface area contributed by atoms with Crippen molar-refractivity contribution in [1.29, 1.82) is 0 Å². The Morgan fingerprint density at radius 3 is 2.83 bits per heavy atom. The highest BCUT2D eigenvalue weighted by Crippen LogP contribution is 2.26. The van der Waals surface area contributed by atoms with Gasteiger partial charge in [0, 0.05) is 40.1 Å². The van der Waals surface area contributed by atoms with E-state index in [9.17, 15) is 4.79 Å². The topological polar surface area (TPSA) is 74.7 Å². The first-order chi connectivity index (χ1) is 8.79. The Kier molecular flexibility index (Phi) is 2.50. The average molecular weight is 239 g/mol. The van der Waals surface area contributed by atoms with Gasteiger partial charge in [-0.15, -0.1) is 0 Å². The summed E-state index contributed by atoms with van der Waals surface area (Å²) in [6.07, 6.45) is 3.50. The summed E-state index contributed by atoms with van der Waals surface area (Å²) >= 11 is 0. The zero-order chi connectivity index (χ0) is 12.5. The maximum atomic E-state index is 11.7. The van der Waals surface area contributed by atoms with Crippen molar-refractivity contribution >= 4 is 16.7 Å². The quantitative estimate of drug-likeness (QED) is 0.613. The zero-order valence-corrected chi connectivity index (χ0v) is 9.73. The van der Waals surface area contributed by atoms with Gasteiger partial charge in [0.05, 0.1) is 6.54 Å². The molecular formula is C14H13N3O. The molecule has 3 aromatic rings. The number of rotatable bonds is 3. The van der Waals surface area contributed by atoms with Crippen molar-refractivity contribution in [1.82, 2.24) is 9.97 Å². The molecule has 4 nitrogen and oxygen atoms in total. The van der Waals surface area contributed by atoms with E-state index in [0.29, 0.717) is 5.56 Å². The van der Waals surface area contributed by atoms with Gasteiger partial charge in [-0.1, -0.05) is 18.2 Å². The molecule has 4 N–H and O–H groups in total. The molecule has 2 aromatic heterocycles. The minimum absolute atomic E-state index is 0.0189. The number of aromatic nitrogens is 2. The summed E-state index contributed by atoms with van der Waals surface area (Å²) in [5, 5.41) is 1.12. The second-order valence-corrected chi connectivity index (χ2v) is 4.18. The predicted octanol–water partition coefficient (Wildman–Crippen LogP) is 2.30. The van der Waals surface area contributed by atoms with Crippen molar-refractivity contribution in [2.24, 2.45) is 5.73 Å². The van der Waals surface area contributed by atoms with E-state index in [0.717, 1.165) is 22.2 Å². The monoisotopic (exact) mass is 239 g/mol. The van der Waals surface area contributed by atoms with E-state index >= 15 is 0 Å². The molecule has 0 bridgehead atoms. The van der Waals surface area contributed by atoms with Crippen molar-refractivity contribution in [3.63, 3.8) is 0 Å². The Morgan fingerprint density at radius 1 is 1.22 bits per heavy atom. The Balaban J connectivity index is 2.14. The van der Waals surface area contributed by atoms with Crippen LogP contribution < -0.4 is 5.73 Å². The molecule has 0 unspecified atom stereocenters. The number of carbonyl (C=O) groups is 1. The first-order valence-corrected chi connectivity index (χ1v) is 5.78. The molecular weight excluding hydrogens is 226 g/mol. The SMILES string of the molecule is NCC(=O)c1c[nH]cc1-c1cc2ccccc2[nH]1. The minimum Gasteiger partial charge on any atom is -0.366 e. The van der Waals surface area contributed by atoms with E-state index in [1.54, 1.807) is 6.20 Å². The molecule has 0 aliphatic rings. The normalized spacial score (nSPS) is 10.9. The van der Waals surface area contributed by atoms with Gasteiger partial charge in [0.2, 0.25) is 0 Å². The molecule has 90 valence electrons. The smallest absolute Gasteiger partial charge is 0.178 e. The van der Waals surface area contributed by atoms with Crippen molar-refractivity contribution in [2.75, 3.05) is 6.54 Å². The van der Waals surface area contributed by atoms with Crippen molar-refractivity contribution in [2.45, 2.75) is 0 Å². The number of nitrogens with two attached hydrogens (primary N) is 1. The number of aromatic amines is 2. The van der Waals surface area contributed by atoms with E-state index in [4.69, 9.17) is 5.73 Å². The van der Waals surface area contributed by atoms with Crippen LogP contribution in [0.25, 0.3) is 22.2 Å². The lowest BCUT2D eigenvalue weighted by molar-refractivity contribution is 0.100. The summed E-state index contributed by atoms with van der Waals surface area (Å²) in [7, 11) is 0. The largest absolute Gasteiger partial charge is 0.366 e. The molecule has 3 rings (SSSR count). The molecule has 0 amide bonds. The number of hydrogen-bond donors (Lipinski definition) is 3. The van der Waals surface area contributed by atoms with Crippen LogP contribution in [0.5, 0.6) is 0 Å². The number of Topliss-reactive ketones (excluding diaryl/α,β-unsaturated/α-hetero) is 1. The Hall–Kier alpha value is -2.33. The number of H-pyrrole nitrogens is 2. The Morgan fingerprint density at radius 2 is 2.06 bits per heavy atom. The van der Waals surface area contributed by atoms with Crippen molar-refractivity contribution in [3.05, 3.63) is 48.3 Å². The fraction of sp³-hybridized carbons (Fsp3) is 0.0714. The van der Waals surface area contributed by atoms with Crippen LogP contribution in [0.15, 0.2) is 42.7 Å². The molecule has 0 radical (unpaired) electrons. The fourth-order valence-electron chi connectivity index (χ4n) is 2.15. The van der Waals surface area contributed by atoms with E-state index in [2.05, 4.69) is 9.97 Å². The van der Waals surface area contributed by atoms with Crippen LogP contribution in [0.1, 0.15) is 10.4 Å². The van der Waals surface area contributed by atoms with Crippen molar-refractivity contribution < 1.29 is 4.79 Å². The maximum absolute atomic E-state index is 11.7. The van der Waals surface area contributed by atoms with Crippen LogP contribution >= 0.6 is 0 Å². The molecule has 0 aliphatic carbocycles. The van der Waals surface area contributed by atoms with Crippen LogP contribution in [0.3, 0.4) is 0 Å².